The third kappa shape index (κ3) is 4.78. The number of carbonyl (C=O) groups excluding carboxylic acids is 2. The molecule has 10 heteroatoms. The van der Waals surface area contributed by atoms with E-state index in [9.17, 15) is 22.4 Å². The van der Waals surface area contributed by atoms with Crippen molar-refractivity contribution in [1.82, 2.24) is 9.21 Å². The van der Waals surface area contributed by atoms with Crippen molar-refractivity contribution in [2.24, 2.45) is 0 Å². The van der Waals surface area contributed by atoms with Crippen LogP contribution in [0.4, 0.5) is 10.1 Å². The van der Waals surface area contributed by atoms with Gasteiger partial charge in [-0.15, -0.1) is 11.8 Å². The molecule has 4 rings (SSSR count). The van der Waals surface area contributed by atoms with Gasteiger partial charge in [0, 0.05) is 30.1 Å². The summed E-state index contributed by atoms with van der Waals surface area (Å²) >= 11 is 1.43. The predicted octanol–water partition coefficient (Wildman–Crippen LogP) is 3.38. The zero-order chi connectivity index (χ0) is 23.8. The van der Waals surface area contributed by atoms with E-state index in [1.807, 2.05) is 32.0 Å². The van der Waals surface area contributed by atoms with Crippen molar-refractivity contribution in [2.45, 2.75) is 37.6 Å². The summed E-state index contributed by atoms with van der Waals surface area (Å²) in [5.74, 6) is -1.00. The lowest BCUT2D eigenvalue weighted by Crippen LogP contribution is -2.44. The number of amides is 2. The third-order valence-corrected chi connectivity index (χ3v) is 9.01. The molecule has 2 heterocycles. The summed E-state index contributed by atoms with van der Waals surface area (Å²) in [7, 11) is -4.02. The summed E-state index contributed by atoms with van der Waals surface area (Å²) in [6.45, 7) is 4.61. The monoisotopic (exact) mass is 491 g/mol. The van der Waals surface area contributed by atoms with Crippen LogP contribution in [-0.2, 0) is 14.8 Å². The molecule has 0 aliphatic carbocycles. The Morgan fingerprint density at radius 1 is 1.06 bits per heavy atom. The highest BCUT2D eigenvalue weighted by molar-refractivity contribution is 7.99. The molecule has 1 N–H and O–H groups in total. The Morgan fingerprint density at radius 3 is 2.48 bits per heavy atom. The van der Waals surface area contributed by atoms with Crippen LogP contribution >= 0.6 is 11.8 Å². The van der Waals surface area contributed by atoms with Gasteiger partial charge in [-0.3, -0.25) is 9.59 Å². The first kappa shape index (κ1) is 23.7. The van der Waals surface area contributed by atoms with E-state index >= 15 is 0 Å². The first-order valence-corrected chi connectivity index (χ1v) is 13.3. The van der Waals surface area contributed by atoms with E-state index in [2.05, 4.69) is 5.32 Å². The van der Waals surface area contributed by atoms with Gasteiger partial charge in [-0.2, -0.15) is 4.31 Å². The van der Waals surface area contributed by atoms with E-state index in [0.717, 1.165) is 36.1 Å². The molecule has 2 fully saturated rings. The van der Waals surface area contributed by atoms with Gasteiger partial charge in [0.2, 0.25) is 15.9 Å². The number of rotatable bonds is 5. The van der Waals surface area contributed by atoms with E-state index in [0.29, 0.717) is 24.5 Å². The highest BCUT2D eigenvalue weighted by atomic mass is 32.2. The minimum absolute atomic E-state index is 0.0423. The van der Waals surface area contributed by atoms with Crippen molar-refractivity contribution in [3.05, 3.63) is 58.9 Å². The first-order valence-electron chi connectivity index (χ1n) is 10.7. The molecule has 0 radical (unpaired) electrons. The Kier molecular flexibility index (Phi) is 6.78. The SMILES string of the molecule is Cc1ccc(NC(=O)C2CSCN2C(=O)c2ccc(F)c(S(=O)(=O)N3CCCC3)c2)cc1C. The number of thioether (sulfide) groups is 1. The molecule has 7 nitrogen and oxygen atoms in total. The molecule has 2 amide bonds. The minimum Gasteiger partial charge on any atom is -0.324 e. The second-order valence-corrected chi connectivity index (χ2v) is 11.2. The molecule has 0 aromatic heterocycles. The van der Waals surface area contributed by atoms with Crippen LogP contribution in [-0.4, -0.2) is 60.2 Å². The fourth-order valence-corrected chi connectivity index (χ4v) is 6.73. The number of nitrogens with one attached hydrogen (secondary N) is 1. The maximum atomic E-state index is 14.5. The summed E-state index contributed by atoms with van der Waals surface area (Å²) in [6, 6.07) is 8.24. The first-order chi connectivity index (χ1) is 15.7. The van der Waals surface area contributed by atoms with E-state index in [4.69, 9.17) is 0 Å². The molecule has 0 bridgehead atoms. The van der Waals surface area contributed by atoms with Crippen molar-refractivity contribution >= 4 is 39.3 Å². The Bertz CT molecular complexity index is 1200. The van der Waals surface area contributed by atoms with Gasteiger partial charge in [0.15, 0.2) is 0 Å². The normalized spacial score (nSPS) is 19.1. The van der Waals surface area contributed by atoms with Crippen LogP contribution in [0, 0.1) is 19.7 Å². The molecule has 0 saturated carbocycles. The van der Waals surface area contributed by atoms with Crippen LogP contribution in [0.5, 0.6) is 0 Å². The van der Waals surface area contributed by atoms with Gasteiger partial charge < -0.3 is 10.2 Å². The van der Waals surface area contributed by atoms with E-state index in [1.165, 1.54) is 27.0 Å². The van der Waals surface area contributed by atoms with Gasteiger partial charge in [0.25, 0.3) is 5.91 Å². The number of hydrogen-bond donors (Lipinski definition) is 1. The Morgan fingerprint density at radius 2 is 1.79 bits per heavy atom. The lowest BCUT2D eigenvalue weighted by atomic mass is 10.1. The standard InChI is InChI=1S/C23H26FN3O4S2/c1-15-5-7-18(11-16(15)2)25-22(28)20-13-32-14-27(20)23(29)17-6-8-19(24)21(12-17)33(30,31)26-9-3-4-10-26/h5-8,11-12,20H,3-4,9-10,13-14H2,1-2H3,(H,25,28). The van der Waals surface area contributed by atoms with Crippen LogP contribution in [0.15, 0.2) is 41.3 Å². The maximum Gasteiger partial charge on any atom is 0.255 e. The zero-order valence-electron chi connectivity index (χ0n) is 18.5. The number of aryl methyl sites for hydroxylation is 2. The number of halogens is 1. The van der Waals surface area contributed by atoms with E-state index in [1.54, 1.807) is 0 Å². The van der Waals surface area contributed by atoms with Crippen molar-refractivity contribution in [3.63, 3.8) is 0 Å². The Hall–Kier alpha value is -2.43. The topological polar surface area (TPSA) is 86.8 Å². The van der Waals surface area contributed by atoms with Crippen LogP contribution in [0.25, 0.3) is 0 Å². The molecule has 176 valence electrons. The molecule has 2 aromatic rings. The predicted molar refractivity (Wildman–Crippen MR) is 126 cm³/mol. The second-order valence-electron chi connectivity index (χ2n) is 8.34. The van der Waals surface area contributed by atoms with Crippen molar-refractivity contribution in [1.29, 1.82) is 0 Å². The van der Waals surface area contributed by atoms with E-state index in [-0.39, 0.29) is 17.3 Å². The van der Waals surface area contributed by atoms with Crippen LogP contribution in [0.1, 0.15) is 34.3 Å². The van der Waals surface area contributed by atoms with Crippen LogP contribution in [0.2, 0.25) is 0 Å². The van der Waals surface area contributed by atoms with Crippen molar-refractivity contribution in [3.8, 4) is 0 Å². The highest BCUT2D eigenvalue weighted by Gasteiger charge is 2.36. The summed E-state index contributed by atoms with van der Waals surface area (Å²) in [5, 5.41) is 2.86. The van der Waals surface area contributed by atoms with Gasteiger partial charge in [0.1, 0.15) is 16.8 Å². The summed E-state index contributed by atoms with van der Waals surface area (Å²) in [4.78, 5) is 27.1. The fourth-order valence-electron chi connectivity index (χ4n) is 3.97. The second kappa shape index (κ2) is 9.44. The molecule has 2 aliphatic heterocycles. The number of hydrogen-bond acceptors (Lipinski definition) is 5. The molecule has 33 heavy (non-hydrogen) atoms. The van der Waals surface area contributed by atoms with Crippen molar-refractivity contribution in [2.75, 3.05) is 30.0 Å². The number of anilines is 1. The molecular formula is C23H26FN3O4S2. The number of carbonyl (C=O) groups is 2. The van der Waals surface area contributed by atoms with Gasteiger partial charge in [-0.1, -0.05) is 6.07 Å². The minimum atomic E-state index is -4.02. The van der Waals surface area contributed by atoms with Gasteiger partial charge in [0.05, 0.1) is 5.88 Å². The largest absolute Gasteiger partial charge is 0.324 e. The molecular weight excluding hydrogens is 465 g/mol. The summed E-state index contributed by atoms with van der Waals surface area (Å²) in [6.07, 6.45) is 1.45. The quantitative estimate of drug-likeness (QED) is 0.693. The van der Waals surface area contributed by atoms with Gasteiger partial charge in [-0.25, -0.2) is 12.8 Å². The fraction of sp³-hybridized carbons (Fsp3) is 0.391. The average molecular weight is 492 g/mol. The number of sulfonamides is 1. The van der Waals surface area contributed by atoms with E-state index < -0.39 is 32.7 Å². The Balaban J connectivity index is 1.55. The lowest BCUT2D eigenvalue weighted by molar-refractivity contribution is -0.119. The molecule has 2 aliphatic rings. The van der Waals surface area contributed by atoms with Crippen LogP contribution in [0.3, 0.4) is 0 Å². The van der Waals surface area contributed by atoms with Gasteiger partial charge in [-0.05, 0) is 68.1 Å². The Labute approximate surface area is 197 Å². The molecule has 2 saturated heterocycles. The molecule has 0 spiro atoms. The van der Waals surface area contributed by atoms with Crippen LogP contribution < -0.4 is 5.32 Å². The average Bonchev–Trinajstić information content (AvgIpc) is 3.49. The molecule has 1 unspecified atom stereocenters. The highest BCUT2D eigenvalue weighted by Crippen LogP contribution is 2.28. The molecule has 2 aromatic carbocycles. The number of benzene rings is 2. The summed E-state index contributed by atoms with van der Waals surface area (Å²) in [5.41, 5.74) is 2.84. The molecule has 1 atom stereocenters. The summed E-state index contributed by atoms with van der Waals surface area (Å²) < 4.78 is 41.5. The lowest BCUT2D eigenvalue weighted by Gasteiger charge is -2.24. The number of nitrogens with zero attached hydrogens (tertiary/aromatic N) is 2. The van der Waals surface area contributed by atoms with Gasteiger partial charge >= 0.3 is 0 Å². The third-order valence-electron chi connectivity index (χ3n) is 6.08. The zero-order valence-corrected chi connectivity index (χ0v) is 20.1. The maximum absolute atomic E-state index is 14.5. The van der Waals surface area contributed by atoms with Crippen molar-refractivity contribution < 1.29 is 22.4 Å². The smallest absolute Gasteiger partial charge is 0.255 e.